The van der Waals surface area contributed by atoms with Crippen LogP contribution in [0.1, 0.15) is 60.8 Å². The molecule has 230 valence electrons. The molecule has 0 fully saturated rings. The molecule has 0 heterocycles. The third kappa shape index (κ3) is 17.2. The Labute approximate surface area is 243 Å². The van der Waals surface area contributed by atoms with E-state index in [1.165, 1.54) is 18.7 Å². The first-order chi connectivity index (χ1) is 18.7. The van der Waals surface area contributed by atoms with Crippen molar-refractivity contribution in [3.8, 4) is 0 Å². The molecule has 0 aliphatic heterocycles. The molecule has 0 radical (unpaired) electrons. The predicted octanol–water partition coefficient (Wildman–Crippen LogP) is 2.29. The second kappa shape index (κ2) is 20.3. The SMILES string of the molecule is C=CCOC[C@H](NC(=O)[C@H](C)NC(=O)[C@H](CSCC=C)NC(=O)OC(C)(C)C)[C@@H](O)C[C@@H](C)C(=O)NCCCC. The molecule has 0 saturated heterocycles. The van der Waals surface area contributed by atoms with Crippen LogP contribution >= 0.6 is 11.8 Å². The highest BCUT2D eigenvalue weighted by atomic mass is 32.2. The van der Waals surface area contributed by atoms with E-state index < -0.39 is 53.7 Å². The molecule has 0 bridgehead atoms. The third-order valence-electron chi connectivity index (χ3n) is 5.48. The number of thioether (sulfide) groups is 1. The van der Waals surface area contributed by atoms with Crippen LogP contribution in [0.3, 0.4) is 0 Å². The summed E-state index contributed by atoms with van der Waals surface area (Å²) in [5.41, 5.74) is -0.746. The molecule has 40 heavy (non-hydrogen) atoms. The third-order valence-corrected chi connectivity index (χ3v) is 6.52. The van der Waals surface area contributed by atoms with Gasteiger partial charge in [0.25, 0.3) is 0 Å². The van der Waals surface area contributed by atoms with Crippen LogP contribution in [0.25, 0.3) is 0 Å². The number of ether oxygens (including phenoxy) is 2. The molecule has 11 nitrogen and oxygen atoms in total. The maximum Gasteiger partial charge on any atom is 0.408 e. The van der Waals surface area contributed by atoms with Gasteiger partial charge in [0, 0.05) is 24.0 Å². The Morgan fingerprint density at radius 2 is 1.68 bits per heavy atom. The first-order valence-electron chi connectivity index (χ1n) is 13.7. The van der Waals surface area contributed by atoms with Crippen LogP contribution in [0, 0.1) is 5.92 Å². The predicted molar refractivity (Wildman–Crippen MR) is 159 cm³/mol. The van der Waals surface area contributed by atoms with Gasteiger partial charge in [0.2, 0.25) is 17.7 Å². The first kappa shape index (κ1) is 37.4. The zero-order valence-electron chi connectivity index (χ0n) is 24.9. The zero-order chi connectivity index (χ0) is 30.7. The largest absolute Gasteiger partial charge is 0.444 e. The number of hydrogen-bond donors (Lipinski definition) is 5. The highest BCUT2D eigenvalue weighted by Gasteiger charge is 2.30. The van der Waals surface area contributed by atoms with E-state index >= 15 is 0 Å². The van der Waals surface area contributed by atoms with Gasteiger partial charge in [0.05, 0.1) is 25.4 Å². The van der Waals surface area contributed by atoms with E-state index in [0.717, 1.165) is 12.8 Å². The summed E-state index contributed by atoms with van der Waals surface area (Å²) in [5, 5.41) is 21.6. The van der Waals surface area contributed by atoms with Gasteiger partial charge in [0.15, 0.2) is 0 Å². The van der Waals surface area contributed by atoms with Gasteiger partial charge in [-0.1, -0.05) is 32.4 Å². The zero-order valence-corrected chi connectivity index (χ0v) is 25.7. The van der Waals surface area contributed by atoms with Crippen LogP contribution in [0.2, 0.25) is 0 Å². The summed E-state index contributed by atoms with van der Waals surface area (Å²) in [7, 11) is 0. The second-order valence-electron chi connectivity index (χ2n) is 10.5. The number of unbranched alkanes of at least 4 members (excludes halogenated alkanes) is 1. The number of amides is 4. The van der Waals surface area contributed by atoms with Gasteiger partial charge >= 0.3 is 6.09 Å². The minimum Gasteiger partial charge on any atom is -0.444 e. The molecule has 0 aromatic rings. The normalized spacial score (nSPS) is 15.0. The summed E-state index contributed by atoms with van der Waals surface area (Å²) >= 11 is 1.38. The maximum atomic E-state index is 13.0. The fourth-order valence-electron chi connectivity index (χ4n) is 3.31. The minimum atomic E-state index is -1.08. The molecular weight excluding hydrogens is 536 g/mol. The number of rotatable bonds is 20. The van der Waals surface area contributed by atoms with Crippen LogP contribution in [0.15, 0.2) is 25.3 Å². The van der Waals surface area contributed by atoms with E-state index in [2.05, 4.69) is 34.4 Å². The number of alkyl carbamates (subject to hydrolysis) is 1. The van der Waals surface area contributed by atoms with Crippen molar-refractivity contribution < 1.29 is 33.8 Å². The minimum absolute atomic E-state index is 0.0230. The molecule has 0 aliphatic rings. The Bertz CT molecular complexity index is 819. The Hall–Kier alpha value is -2.57. The standard InChI is InChI=1S/C28H50N4O7S/c1-9-12-13-29-24(34)19(4)16-23(33)21(17-38-14-10-2)31-25(35)20(5)30-26(36)22(18-40-15-11-3)32-27(37)39-28(6,7)8/h10-11,19-23,33H,2-3,9,12-18H2,1,4-8H3,(H,29,34)(H,30,36)(H,31,35)(H,32,37)/t19-,20+,21+,22+,23+/m1/s1. The summed E-state index contributed by atoms with van der Waals surface area (Å²) in [6, 6.07) is -2.79. The topological polar surface area (TPSA) is 155 Å². The Balaban J connectivity index is 5.31. The molecule has 0 rings (SSSR count). The van der Waals surface area contributed by atoms with Crippen molar-refractivity contribution in [3.05, 3.63) is 25.3 Å². The van der Waals surface area contributed by atoms with E-state index in [1.54, 1.807) is 39.8 Å². The van der Waals surface area contributed by atoms with E-state index in [1.807, 2.05) is 6.92 Å². The lowest BCUT2D eigenvalue weighted by Gasteiger charge is -2.28. The molecular formula is C28H50N4O7S. The van der Waals surface area contributed by atoms with Gasteiger partial charge in [-0.3, -0.25) is 14.4 Å². The van der Waals surface area contributed by atoms with Gasteiger partial charge in [-0.05, 0) is 40.5 Å². The van der Waals surface area contributed by atoms with Crippen LogP contribution < -0.4 is 21.3 Å². The molecule has 5 atom stereocenters. The van der Waals surface area contributed by atoms with Crippen molar-refractivity contribution in [2.45, 2.75) is 90.6 Å². The molecule has 5 N–H and O–H groups in total. The van der Waals surface area contributed by atoms with Crippen LogP contribution in [0.5, 0.6) is 0 Å². The average Bonchev–Trinajstić information content (AvgIpc) is 2.86. The summed E-state index contributed by atoms with van der Waals surface area (Å²) in [5.74, 6) is -0.995. The summed E-state index contributed by atoms with van der Waals surface area (Å²) < 4.78 is 10.7. The van der Waals surface area contributed by atoms with E-state index in [-0.39, 0.29) is 31.3 Å². The average molecular weight is 587 g/mol. The fourth-order valence-corrected chi connectivity index (χ4v) is 4.09. The van der Waals surface area contributed by atoms with Gasteiger partial charge in [-0.25, -0.2) is 4.79 Å². The van der Waals surface area contributed by atoms with Gasteiger partial charge in [-0.2, -0.15) is 11.8 Å². The van der Waals surface area contributed by atoms with Crippen molar-refractivity contribution in [1.29, 1.82) is 0 Å². The van der Waals surface area contributed by atoms with Gasteiger partial charge in [-0.15, -0.1) is 13.2 Å². The Morgan fingerprint density at radius 1 is 1.00 bits per heavy atom. The highest BCUT2D eigenvalue weighted by molar-refractivity contribution is 7.99. The number of aliphatic hydroxyl groups is 1. The molecule has 12 heteroatoms. The Kier molecular flexibility index (Phi) is 19.0. The highest BCUT2D eigenvalue weighted by Crippen LogP contribution is 2.12. The Morgan fingerprint density at radius 3 is 2.25 bits per heavy atom. The number of nitrogens with one attached hydrogen (secondary N) is 4. The van der Waals surface area contributed by atoms with Crippen LogP contribution in [-0.2, 0) is 23.9 Å². The number of aliphatic hydroxyl groups excluding tert-OH is 1. The van der Waals surface area contributed by atoms with Gasteiger partial charge in [0.1, 0.15) is 17.7 Å². The van der Waals surface area contributed by atoms with Crippen molar-refractivity contribution in [3.63, 3.8) is 0 Å². The summed E-state index contributed by atoms with van der Waals surface area (Å²) in [6.07, 6.45) is 3.30. The number of carbonyl (C=O) groups excluding carboxylic acids is 4. The maximum absolute atomic E-state index is 13.0. The smallest absolute Gasteiger partial charge is 0.408 e. The molecule has 0 saturated carbocycles. The first-order valence-corrected chi connectivity index (χ1v) is 14.8. The molecule has 4 amide bonds. The van der Waals surface area contributed by atoms with Gasteiger partial charge < -0.3 is 35.8 Å². The van der Waals surface area contributed by atoms with E-state index in [9.17, 15) is 24.3 Å². The summed E-state index contributed by atoms with van der Waals surface area (Å²) in [4.78, 5) is 50.6. The fraction of sp³-hybridized carbons (Fsp3) is 0.714. The molecule has 0 aliphatic carbocycles. The lowest BCUT2D eigenvalue weighted by Crippen LogP contribution is -2.57. The van der Waals surface area contributed by atoms with Crippen LogP contribution in [0.4, 0.5) is 4.79 Å². The van der Waals surface area contributed by atoms with Crippen molar-refractivity contribution >= 4 is 35.6 Å². The monoisotopic (exact) mass is 586 g/mol. The van der Waals surface area contributed by atoms with Crippen molar-refractivity contribution in [2.24, 2.45) is 5.92 Å². The van der Waals surface area contributed by atoms with Crippen molar-refractivity contribution in [2.75, 3.05) is 31.3 Å². The van der Waals surface area contributed by atoms with E-state index in [4.69, 9.17) is 9.47 Å². The van der Waals surface area contributed by atoms with Crippen molar-refractivity contribution in [1.82, 2.24) is 21.3 Å². The number of hydrogen-bond acceptors (Lipinski definition) is 8. The summed E-state index contributed by atoms with van der Waals surface area (Å²) in [6.45, 7) is 18.4. The lowest BCUT2D eigenvalue weighted by atomic mass is 9.97. The molecule has 0 spiro atoms. The number of carbonyl (C=O) groups is 4. The second-order valence-corrected chi connectivity index (χ2v) is 11.6. The quantitative estimate of drug-likeness (QED) is 0.108. The molecule has 0 unspecified atom stereocenters. The lowest BCUT2D eigenvalue weighted by molar-refractivity contribution is -0.130. The van der Waals surface area contributed by atoms with Crippen LogP contribution in [-0.4, -0.2) is 90.0 Å². The van der Waals surface area contributed by atoms with E-state index in [0.29, 0.717) is 12.3 Å². The molecule has 0 aromatic heterocycles. The molecule has 0 aromatic carbocycles.